The first-order valence-corrected chi connectivity index (χ1v) is 17.0. The van der Waals surface area contributed by atoms with E-state index in [0.29, 0.717) is 17.8 Å². The Morgan fingerprint density at radius 1 is 1.08 bits per heavy atom. The number of nitrogens with one attached hydrogen (secondary N) is 1. The summed E-state index contributed by atoms with van der Waals surface area (Å²) in [5.74, 6) is -7.17. The molecule has 0 aliphatic carbocycles. The highest BCUT2D eigenvalue weighted by Gasteiger charge is 2.47. The van der Waals surface area contributed by atoms with Crippen LogP contribution in [0.4, 0.5) is 36.8 Å². The van der Waals surface area contributed by atoms with Gasteiger partial charge in [-0.1, -0.05) is 12.1 Å². The van der Waals surface area contributed by atoms with Crippen LogP contribution in [0.15, 0.2) is 53.2 Å². The molecule has 3 heterocycles. The van der Waals surface area contributed by atoms with Crippen molar-refractivity contribution in [2.24, 2.45) is 0 Å². The zero-order chi connectivity index (χ0) is 37.9. The third kappa shape index (κ3) is 7.72. The van der Waals surface area contributed by atoms with Crippen LogP contribution in [-0.4, -0.2) is 58.3 Å². The Kier molecular flexibility index (Phi) is 9.28. The molecule has 1 N–H and O–H groups in total. The summed E-state index contributed by atoms with van der Waals surface area (Å²) in [6.45, 7) is 6.69. The van der Waals surface area contributed by atoms with Gasteiger partial charge in [0.05, 0.1) is 35.2 Å². The molecule has 0 saturated carbocycles. The average Bonchev–Trinajstić information content (AvgIpc) is 3.68. The van der Waals surface area contributed by atoms with Gasteiger partial charge in [-0.3, -0.25) is 4.79 Å². The van der Waals surface area contributed by atoms with E-state index in [9.17, 15) is 31.2 Å². The van der Waals surface area contributed by atoms with Crippen LogP contribution in [-0.2, 0) is 42.8 Å². The second-order valence-corrected chi connectivity index (χ2v) is 16.0. The van der Waals surface area contributed by atoms with Gasteiger partial charge < -0.3 is 19.4 Å². The molecular formula is C32H32F6N6O6S. The van der Waals surface area contributed by atoms with E-state index in [2.05, 4.69) is 20.6 Å². The summed E-state index contributed by atoms with van der Waals surface area (Å²) in [6, 6.07) is 5.10. The van der Waals surface area contributed by atoms with Crippen LogP contribution in [0.2, 0.25) is 0 Å². The second-order valence-electron chi connectivity index (χ2n) is 13.4. The van der Waals surface area contributed by atoms with Crippen molar-refractivity contribution >= 4 is 27.5 Å². The number of ether oxygens (including phenoxy) is 1. The van der Waals surface area contributed by atoms with E-state index in [1.807, 2.05) is 0 Å². The van der Waals surface area contributed by atoms with Crippen molar-refractivity contribution in [2.45, 2.75) is 76.1 Å². The molecule has 2 aromatic heterocycles. The maximum Gasteiger partial charge on any atom is 0.419 e. The van der Waals surface area contributed by atoms with E-state index >= 15 is 13.2 Å². The fourth-order valence-corrected chi connectivity index (χ4v) is 5.41. The number of nitrogens with zero attached hydrogens (tertiary/aromatic N) is 5. The fourth-order valence-electron chi connectivity index (χ4n) is 5.01. The number of hydrogen-bond donors (Lipinski definition) is 1. The molecule has 1 aliphatic rings. The average molecular weight is 743 g/mol. The lowest BCUT2D eigenvalue weighted by Crippen LogP contribution is -2.49. The summed E-state index contributed by atoms with van der Waals surface area (Å²) in [5.41, 5.74) is -3.48. The van der Waals surface area contributed by atoms with Gasteiger partial charge in [-0.15, -0.1) is 10.2 Å². The Balaban J connectivity index is 1.59. The van der Waals surface area contributed by atoms with Gasteiger partial charge in [0, 0.05) is 24.4 Å². The Morgan fingerprint density at radius 2 is 1.73 bits per heavy atom. The minimum Gasteiger partial charge on any atom is -0.444 e. The quantitative estimate of drug-likeness (QED) is 0.216. The lowest BCUT2D eigenvalue weighted by atomic mass is 9.99. The van der Waals surface area contributed by atoms with E-state index < -0.39 is 103 Å². The van der Waals surface area contributed by atoms with Crippen molar-refractivity contribution in [2.75, 3.05) is 11.2 Å². The number of carbonyl (C=O) groups excluding carboxylic acids is 2. The number of benzene rings is 2. The summed E-state index contributed by atoms with van der Waals surface area (Å²) in [7, 11) is -3.82. The van der Waals surface area contributed by atoms with Crippen molar-refractivity contribution < 1.29 is 53.5 Å². The molecule has 19 heteroatoms. The van der Waals surface area contributed by atoms with Gasteiger partial charge in [0.15, 0.2) is 9.84 Å². The lowest BCUT2D eigenvalue weighted by Gasteiger charge is -2.27. The Labute approximate surface area is 287 Å². The van der Waals surface area contributed by atoms with E-state index in [4.69, 9.17) is 9.15 Å². The van der Waals surface area contributed by atoms with Crippen LogP contribution in [0.1, 0.15) is 63.6 Å². The molecule has 274 valence electrons. The Bertz CT molecular complexity index is 2090. The van der Waals surface area contributed by atoms with Crippen LogP contribution >= 0.6 is 0 Å². The van der Waals surface area contributed by atoms with Crippen molar-refractivity contribution in [1.29, 1.82) is 0 Å². The number of halogens is 6. The molecule has 1 aliphatic heterocycles. The second kappa shape index (κ2) is 12.7. The molecule has 0 saturated heterocycles. The summed E-state index contributed by atoms with van der Waals surface area (Å²) >= 11 is 0. The van der Waals surface area contributed by atoms with Crippen LogP contribution in [0, 0.1) is 5.82 Å². The standard InChI is InChI=1S/C32H32F6N6O6S/c1-29(2,3)50-28(46)40-23-13-31(34,35)21-12-22(33)20(25-41-42-27(49-25)30(4,5)51(6,47)48)11-24(21)43(26(23)45)15-17-7-9-19(10-8-17)44-16-18(14-39-44)32(36,37)38/h7-12,14,16,23H,13,15H2,1-6H3,(H,40,46)/t23-/m1/s1. The maximum atomic E-state index is 16.0. The first-order valence-electron chi connectivity index (χ1n) is 15.2. The minimum atomic E-state index is -4.63. The molecule has 12 nitrogen and oxygen atoms in total. The SMILES string of the molecule is CC(C)(C)OC(=O)N[C@@H]1CC(F)(F)c2cc(F)c(-c3nnc(C(C)(C)S(C)(=O)=O)o3)cc2N(Cc2ccc(-n3cc(C(F)(F)F)cn3)cc2)C1=O. The number of fused-ring (bicyclic) bond motifs is 1. The molecule has 0 spiro atoms. The minimum absolute atomic E-state index is 0.210. The summed E-state index contributed by atoms with van der Waals surface area (Å²) in [4.78, 5) is 27.6. The fraction of sp³-hybridized carbons (Fsp3) is 0.406. The van der Waals surface area contributed by atoms with Crippen molar-refractivity contribution in [1.82, 2.24) is 25.3 Å². The van der Waals surface area contributed by atoms with Crippen LogP contribution in [0.3, 0.4) is 0 Å². The highest BCUT2D eigenvalue weighted by molar-refractivity contribution is 7.91. The number of sulfone groups is 1. The number of alkyl carbamates (subject to hydrolysis) is 1. The molecule has 5 rings (SSSR count). The van der Waals surface area contributed by atoms with E-state index in [1.54, 1.807) is 0 Å². The third-order valence-electron chi connectivity index (χ3n) is 8.03. The van der Waals surface area contributed by atoms with E-state index in [1.165, 1.54) is 58.9 Å². The van der Waals surface area contributed by atoms with Crippen LogP contribution in [0.5, 0.6) is 0 Å². The largest absolute Gasteiger partial charge is 0.444 e. The molecular weight excluding hydrogens is 710 g/mol. The first kappa shape index (κ1) is 37.3. The van der Waals surface area contributed by atoms with Gasteiger partial charge >= 0.3 is 12.3 Å². The predicted octanol–water partition coefficient (Wildman–Crippen LogP) is 6.28. The van der Waals surface area contributed by atoms with E-state index in [-0.39, 0.29) is 5.69 Å². The topological polar surface area (TPSA) is 150 Å². The van der Waals surface area contributed by atoms with Gasteiger partial charge in [0.2, 0.25) is 11.8 Å². The van der Waals surface area contributed by atoms with E-state index in [0.717, 1.165) is 28.1 Å². The smallest absolute Gasteiger partial charge is 0.419 e. The molecule has 51 heavy (non-hydrogen) atoms. The van der Waals surface area contributed by atoms with Gasteiger partial charge in [-0.05, 0) is 64.4 Å². The van der Waals surface area contributed by atoms with Gasteiger partial charge in [-0.2, -0.15) is 18.3 Å². The number of carbonyl (C=O) groups is 2. The molecule has 0 unspecified atom stereocenters. The molecule has 1 atom stereocenters. The van der Waals surface area contributed by atoms with Crippen LogP contribution in [0.25, 0.3) is 17.1 Å². The van der Waals surface area contributed by atoms with Crippen molar-refractivity contribution in [3.63, 3.8) is 0 Å². The monoisotopic (exact) mass is 742 g/mol. The molecule has 0 radical (unpaired) electrons. The normalized spacial score (nSPS) is 16.8. The summed E-state index contributed by atoms with van der Waals surface area (Å²) < 4.78 is 122. The third-order valence-corrected chi connectivity index (χ3v) is 10.1. The highest BCUT2D eigenvalue weighted by atomic mass is 32.2. The summed E-state index contributed by atoms with van der Waals surface area (Å²) in [5, 5.41) is 13.4. The Morgan fingerprint density at radius 3 is 2.29 bits per heavy atom. The van der Waals surface area contributed by atoms with Crippen molar-refractivity contribution in [3.05, 3.63) is 77.2 Å². The number of alkyl halides is 5. The number of hydrogen-bond acceptors (Lipinski definition) is 9. The molecule has 2 amide bonds. The zero-order valence-corrected chi connectivity index (χ0v) is 28.8. The number of anilines is 1. The predicted molar refractivity (Wildman–Crippen MR) is 169 cm³/mol. The first-order chi connectivity index (χ1) is 23.4. The molecule has 0 fully saturated rings. The lowest BCUT2D eigenvalue weighted by molar-refractivity contribution is -0.137. The van der Waals surface area contributed by atoms with Crippen molar-refractivity contribution in [3.8, 4) is 17.1 Å². The van der Waals surface area contributed by atoms with Gasteiger partial charge in [0.25, 0.3) is 11.8 Å². The highest BCUT2D eigenvalue weighted by Crippen LogP contribution is 2.45. The number of rotatable bonds is 7. The molecule has 4 aromatic rings. The zero-order valence-electron chi connectivity index (χ0n) is 28.0. The van der Waals surface area contributed by atoms with Gasteiger partial charge in [0.1, 0.15) is 22.2 Å². The molecule has 0 bridgehead atoms. The van der Waals surface area contributed by atoms with Gasteiger partial charge in [-0.25, -0.2) is 31.1 Å². The summed E-state index contributed by atoms with van der Waals surface area (Å²) in [6.07, 6.45) is -4.73. The molecule has 2 aromatic carbocycles. The number of amides is 2. The Hall–Kier alpha value is -4.94. The maximum absolute atomic E-state index is 16.0. The number of aromatic nitrogens is 4. The van der Waals surface area contributed by atoms with Crippen LogP contribution < -0.4 is 10.2 Å².